The Kier molecular flexibility index (Phi) is 5.58. The first-order valence-electron chi connectivity index (χ1n) is 6.19. The summed E-state index contributed by atoms with van der Waals surface area (Å²) in [5.41, 5.74) is 5.59. The van der Waals surface area contributed by atoms with Gasteiger partial charge in [-0.1, -0.05) is 20.3 Å². The summed E-state index contributed by atoms with van der Waals surface area (Å²) in [6.45, 7) is 7.44. The molecule has 0 amide bonds. The predicted octanol–water partition coefficient (Wildman–Crippen LogP) is 1.47. The van der Waals surface area contributed by atoms with E-state index in [1.807, 2.05) is 0 Å². The molecule has 3 atom stereocenters. The second kappa shape index (κ2) is 6.46. The highest BCUT2D eigenvalue weighted by atomic mass is 16.5. The van der Waals surface area contributed by atoms with Gasteiger partial charge in [-0.25, -0.2) is 0 Å². The summed E-state index contributed by atoms with van der Waals surface area (Å²) in [5, 5.41) is 0. The van der Waals surface area contributed by atoms with Gasteiger partial charge in [-0.05, 0) is 25.8 Å². The number of nitrogens with two attached hydrogens (primary N) is 1. The summed E-state index contributed by atoms with van der Waals surface area (Å²) in [7, 11) is 2.19. The van der Waals surface area contributed by atoms with Crippen LogP contribution in [0.5, 0.6) is 0 Å². The molecule has 0 radical (unpaired) electrons. The maximum Gasteiger partial charge on any atom is 0.0707 e. The fourth-order valence-electron chi connectivity index (χ4n) is 2.17. The molecule has 0 saturated carbocycles. The lowest BCUT2D eigenvalue weighted by Gasteiger charge is -2.23. The lowest BCUT2D eigenvalue weighted by molar-refractivity contribution is 0.0297. The fourth-order valence-corrected chi connectivity index (χ4v) is 2.17. The Morgan fingerprint density at radius 2 is 2.07 bits per heavy atom. The van der Waals surface area contributed by atoms with E-state index in [9.17, 15) is 0 Å². The molecule has 15 heavy (non-hydrogen) atoms. The summed E-state index contributed by atoms with van der Waals surface area (Å²) in [6.07, 6.45) is 4.28. The van der Waals surface area contributed by atoms with E-state index in [1.165, 1.54) is 19.4 Å². The van der Waals surface area contributed by atoms with Crippen LogP contribution in [-0.4, -0.2) is 43.8 Å². The quantitative estimate of drug-likeness (QED) is 0.727. The van der Waals surface area contributed by atoms with Crippen LogP contribution in [0.25, 0.3) is 0 Å². The molecule has 1 rings (SSSR count). The van der Waals surface area contributed by atoms with Crippen molar-refractivity contribution in [1.82, 2.24) is 4.90 Å². The van der Waals surface area contributed by atoms with Gasteiger partial charge in [0.15, 0.2) is 0 Å². The first-order valence-corrected chi connectivity index (χ1v) is 6.19. The average molecular weight is 214 g/mol. The molecule has 1 saturated heterocycles. The van der Waals surface area contributed by atoms with Crippen molar-refractivity contribution in [3.8, 4) is 0 Å². The van der Waals surface area contributed by atoms with Gasteiger partial charge in [-0.2, -0.15) is 0 Å². The molecule has 2 N–H and O–H groups in total. The van der Waals surface area contributed by atoms with Crippen LogP contribution >= 0.6 is 0 Å². The first-order chi connectivity index (χ1) is 7.15. The zero-order valence-corrected chi connectivity index (χ0v) is 10.4. The highest BCUT2D eigenvalue weighted by molar-refractivity contribution is 4.76. The van der Waals surface area contributed by atoms with E-state index >= 15 is 0 Å². The Morgan fingerprint density at radius 1 is 1.40 bits per heavy atom. The monoisotopic (exact) mass is 214 g/mol. The van der Waals surface area contributed by atoms with Gasteiger partial charge in [-0.15, -0.1) is 0 Å². The molecule has 0 aromatic rings. The van der Waals surface area contributed by atoms with E-state index in [1.54, 1.807) is 0 Å². The summed E-state index contributed by atoms with van der Waals surface area (Å²) >= 11 is 0. The van der Waals surface area contributed by atoms with Gasteiger partial charge in [0.1, 0.15) is 0 Å². The zero-order chi connectivity index (χ0) is 11.3. The van der Waals surface area contributed by atoms with Gasteiger partial charge in [0.2, 0.25) is 0 Å². The molecular formula is C12H26N2O. The van der Waals surface area contributed by atoms with Crippen molar-refractivity contribution in [3.63, 3.8) is 0 Å². The summed E-state index contributed by atoms with van der Waals surface area (Å²) in [6, 6.07) is 0. The molecule has 3 nitrogen and oxygen atoms in total. The Balaban J connectivity index is 2.18. The van der Waals surface area contributed by atoms with E-state index in [4.69, 9.17) is 10.5 Å². The molecule has 1 fully saturated rings. The van der Waals surface area contributed by atoms with Crippen LogP contribution in [0.1, 0.15) is 33.1 Å². The molecule has 0 bridgehead atoms. The van der Waals surface area contributed by atoms with Crippen LogP contribution in [0.4, 0.5) is 0 Å². The minimum absolute atomic E-state index is 0.312. The second-order valence-electron chi connectivity index (χ2n) is 4.93. The van der Waals surface area contributed by atoms with Crippen molar-refractivity contribution < 1.29 is 4.74 Å². The van der Waals surface area contributed by atoms with Crippen LogP contribution in [0.3, 0.4) is 0 Å². The van der Waals surface area contributed by atoms with E-state index in [0.717, 1.165) is 18.9 Å². The van der Waals surface area contributed by atoms with Crippen LogP contribution in [0.15, 0.2) is 0 Å². The third-order valence-corrected chi connectivity index (χ3v) is 3.29. The molecule has 0 aliphatic carbocycles. The topological polar surface area (TPSA) is 38.5 Å². The lowest BCUT2D eigenvalue weighted by atomic mass is 10.1. The Hall–Kier alpha value is -0.120. The normalized spacial score (nSPS) is 28.6. The van der Waals surface area contributed by atoms with Crippen LogP contribution in [-0.2, 0) is 4.74 Å². The van der Waals surface area contributed by atoms with E-state index < -0.39 is 0 Å². The largest absolute Gasteiger partial charge is 0.372 e. The van der Waals surface area contributed by atoms with Gasteiger partial charge in [-0.3, -0.25) is 0 Å². The van der Waals surface area contributed by atoms with Crippen molar-refractivity contribution in [3.05, 3.63) is 0 Å². The molecule has 3 unspecified atom stereocenters. The van der Waals surface area contributed by atoms with Gasteiger partial charge in [0, 0.05) is 19.6 Å². The maximum atomic E-state index is 5.83. The highest BCUT2D eigenvalue weighted by Gasteiger charge is 2.25. The molecular weight excluding hydrogens is 188 g/mol. The third kappa shape index (κ3) is 4.49. The van der Waals surface area contributed by atoms with Crippen molar-refractivity contribution in [2.24, 2.45) is 11.7 Å². The number of nitrogens with zero attached hydrogens (tertiary/aromatic N) is 1. The molecule has 1 heterocycles. The van der Waals surface area contributed by atoms with Crippen molar-refractivity contribution in [2.45, 2.75) is 45.3 Å². The highest BCUT2D eigenvalue weighted by Crippen LogP contribution is 2.19. The standard InChI is InChI=1S/C12H26N2O/c1-4-10(2)8-14(3)9-12-6-5-11(7-13)15-12/h10-12H,4-9,13H2,1-3H3. The Bertz CT molecular complexity index is 175. The number of hydrogen-bond acceptors (Lipinski definition) is 3. The maximum absolute atomic E-state index is 5.83. The van der Waals surface area contributed by atoms with Crippen molar-refractivity contribution >= 4 is 0 Å². The van der Waals surface area contributed by atoms with Gasteiger partial charge < -0.3 is 15.4 Å². The summed E-state index contributed by atoms with van der Waals surface area (Å²) < 4.78 is 5.83. The minimum Gasteiger partial charge on any atom is -0.372 e. The first kappa shape index (κ1) is 12.9. The smallest absolute Gasteiger partial charge is 0.0707 e. The molecule has 0 aromatic carbocycles. The molecule has 90 valence electrons. The van der Waals surface area contributed by atoms with Crippen LogP contribution in [0.2, 0.25) is 0 Å². The van der Waals surface area contributed by atoms with Crippen LogP contribution < -0.4 is 5.73 Å². The van der Waals surface area contributed by atoms with E-state index in [0.29, 0.717) is 18.8 Å². The fraction of sp³-hybridized carbons (Fsp3) is 1.00. The second-order valence-corrected chi connectivity index (χ2v) is 4.93. The Labute approximate surface area is 94.0 Å². The number of hydrogen-bond donors (Lipinski definition) is 1. The molecule has 1 aliphatic heterocycles. The van der Waals surface area contributed by atoms with Crippen LogP contribution in [0, 0.1) is 5.92 Å². The Morgan fingerprint density at radius 3 is 2.60 bits per heavy atom. The van der Waals surface area contributed by atoms with Gasteiger partial charge in [0.05, 0.1) is 12.2 Å². The summed E-state index contributed by atoms with van der Waals surface area (Å²) in [5.74, 6) is 0.779. The van der Waals surface area contributed by atoms with Gasteiger partial charge in [0.25, 0.3) is 0 Å². The zero-order valence-electron chi connectivity index (χ0n) is 10.4. The number of rotatable bonds is 6. The van der Waals surface area contributed by atoms with Gasteiger partial charge >= 0.3 is 0 Å². The third-order valence-electron chi connectivity index (χ3n) is 3.29. The number of likely N-dealkylation sites (N-methyl/N-ethyl adjacent to an activating group) is 1. The lowest BCUT2D eigenvalue weighted by Crippen LogP contribution is -2.33. The molecule has 3 heteroatoms. The van der Waals surface area contributed by atoms with E-state index in [-0.39, 0.29) is 0 Å². The molecule has 0 spiro atoms. The average Bonchev–Trinajstić information content (AvgIpc) is 2.65. The summed E-state index contributed by atoms with van der Waals surface area (Å²) in [4.78, 5) is 2.39. The molecule has 1 aliphatic rings. The van der Waals surface area contributed by atoms with E-state index in [2.05, 4.69) is 25.8 Å². The minimum atomic E-state index is 0.312. The van der Waals surface area contributed by atoms with Crippen molar-refractivity contribution in [2.75, 3.05) is 26.7 Å². The van der Waals surface area contributed by atoms with Crippen molar-refractivity contribution in [1.29, 1.82) is 0 Å². The SMILES string of the molecule is CCC(C)CN(C)CC1CCC(CN)O1. The number of ether oxygens (including phenoxy) is 1. The predicted molar refractivity (Wildman–Crippen MR) is 63.9 cm³/mol. The molecule has 0 aromatic heterocycles.